The third-order valence-electron chi connectivity index (χ3n) is 6.82. The van der Waals surface area contributed by atoms with Crippen LogP contribution in [0.4, 0.5) is 0 Å². The van der Waals surface area contributed by atoms with Crippen LogP contribution in [0.15, 0.2) is 30.3 Å². The van der Waals surface area contributed by atoms with Gasteiger partial charge in [-0.2, -0.15) is 0 Å². The average molecular weight is 310 g/mol. The summed E-state index contributed by atoms with van der Waals surface area (Å²) in [7, 11) is 0. The maximum absolute atomic E-state index is 12.9. The van der Waals surface area contributed by atoms with Gasteiger partial charge >= 0.3 is 0 Å². The molecule has 5 rings (SSSR count). The Morgan fingerprint density at radius 2 is 2.00 bits per heavy atom. The molecule has 1 aromatic rings. The van der Waals surface area contributed by atoms with E-state index in [0.717, 1.165) is 32.1 Å². The molecular weight excluding hydrogens is 288 g/mol. The topological polar surface area (TPSA) is 58.2 Å². The van der Waals surface area contributed by atoms with Crippen molar-refractivity contribution in [3.8, 4) is 0 Å². The van der Waals surface area contributed by atoms with Crippen LogP contribution in [0.25, 0.3) is 0 Å². The Balaban J connectivity index is 1.33. The average Bonchev–Trinajstić information content (AvgIpc) is 3.07. The zero-order valence-corrected chi connectivity index (χ0v) is 13.2. The number of amides is 2. The Kier molecular flexibility index (Phi) is 2.58. The molecule has 4 aliphatic rings. The number of fused-ring (bicyclic) bond motifs is 1. The van der Waals surface area contributed by atoms with E-state index in [1.54, 1.807) is 0 Å². The fourth-order valence-electron chi connectivity index (χ4n) is 5.44. The van der Waals surface area contributed by atoms with Gasteiger partial charge in [-0.3, -0.25) is 9.59 Å². The Morgan fingerprint density at radius 1 is 1.22 bits per heavy atom. The summed E-state index contributed by atoms with van der Waals surface area (Å²) in [5.74, 6) is 1.03. The van der Waals surface area contributed by atoms with Crippen LogP contribution < -0.4 is 10.6 Å². The lowest BCUT2D eigenvalue weighted by Gasteiger charge is -2.31. The third kappa shape index (κ3) is 1.78. The third-order valence-corrected chi connectivity index (χ3v) is 6.82. The van der Waals surface area contributed by atoms with Crippen molar-refractivity contribution in [2.75, 3.05) is 6.54 Å². The number of carbonyl (C=O) groups is 2. The fourth-order valence-corrected chi connectivity index (χ4v) is 5.44. The minimum absolute atomic E-state index is 0.0581. The molecule has 1 heterocycles. The van der Waals surface area contributed by atoms with Gasteiger partial charge in [0.15, 0.2) is 0 Å². The predicted octanol–water partition coefficient (Wildman–Crippen LogP) is 1.75. The molecule has 1 aliphatic heterocycles. The van der Waals surface area contributed by atoms with Crippen molar-refractivity contribution >= 4 is 11.8 Å². The van der Waals surface area contributed by atoms with E-state index >= 15 is 0 Å². The molecule has 23 heavy (non-hydrogen) atoms. The van der Waals surface area contributed by atoms with Crippen molar-refractivity contribution in [3.05, 3.63) is 35.9 Å². The summed E-state index contributed by atoms with van der Waals surface area (Å²) in [6.45, 7) is 0.690. The van der Waals surface area contributed by atoms with Crippen molar-refractivity contribution in [1.82, 2.24) is 10.6 Å². The van der Waals surface area contributed by atoms with Gasteiger partial charge in [0.25, 0.3) is 0 Å². The van der Waals surface area contributed by atoms with E-state index in [-0.39, 0.29) is 29.1 Å². The zero-order valence-electron chi connectivity index (χ0n) is 13.2. The summed E-state index contributed by atoms with van der Waals surface area (Å²) in [6, 6.07) is 10.5. The van der Waals surface area contributed by atoms with E-state index in [0.29, 0.717) is 12.5 Å². The SMILES string of the molecule is O=C1NC2(C(=O)NCC3(c4ccccc4)CC3)CC3CC1C2C3. The standard InChI is InChI=1S/C19H22N2O2/c22-16-14-8-12-9-15(14)19(10-12,21-16)17(23)20-11-18(6-7-18)13-4-2-1-3-5-13/h1-5,12,14-15H,6-11H2,(H,20,23)(H,21,22). The van der Waals surface area contributed by atoms with Crippen LogP contribution in [0.1, 0.15) is 37.7 Å². The molecule has 2 bridgehead atoms. The van der Waals surface area contributed by atoms with E-state index in [2.05, 4.69) is 34.9 Å². The second-order valence-corrected chi connectivity index (χ2v) is 8.04. The van der Waals surface area contributed by atoms with E-state index < -0.39 is 5.54 Å². The van der Waals surface area contributed by atoms with Gasteiger partial charge in [-0.15, -0.1) is 0 Å². The first kappa shape index (κ1) is 13.6. The minimum Gasteiger partial charge on any atom is -0.353 e. The maximum atomic E-state index is 12.9. The van der Waals surface area contributed by atoms with Gasteiger partial charge in [0, 0.05) is 23.8 Å². The highest BCUT2D eigenvalue weighted by atomic mass is 16.2. The van der Waals surface area contributed by atoms with Crippen LogP contribution in [-0.2, 0) is 15.0 Å². The quantitative estimate of drug-likeness (QED) is 0.890. The van der Waals surface area contributed by atoms with Crippen molar-refractivity contribution in [2.24, 2.45) is 17.8 Å². The lowest BCUT2D eigenvalue weighted by molar-refractivity contribution is -0.130. The van der Waals surface area contributed by atoms with Crippen molar-refractivity contribution < 1.29 is 9.59 Å². The van der Waals surface area contributed by atoms with Crippen molar-refractivity contribution in [2.45, 2.75) is 43.1 Å². The fraction of sp³-hybridized carbons (Fsp3) is 0.579. The van der Waals surface area contributed by atoms with Crippen LogP contribution in [0.3, 0.4) is 0 Å². The minimum atomic E-state index is -0.600. The summed E-state index contributed by atoms with van der Waals surface area (Å²) in [5.41, 5.74) is 0.837. The molecule has 2 amide bonds. The highest BCUT2D eigenvalue weighted by Gasteiger charge is 2.66. The molecule has 120 valence electrons. The first-order valence-electron chi connectivity index (χ1n) is 8.79. The summed E-state index contributed by atoms with van der Waals surface area (Å²) < 4.78 is 0. The smallest absolute Gasteiger partial charge is 0.246 e. The zero-order chi connectivity index (χ0) is 15.7. The summed E-state index contributed by atoms with van der Waals surface area (Å²) in [6.07, 6.45) is 5.13. The molecule has 4 atom stereocenters. The molecule has 3 saturated carbocycles. The maximum Gasteiger partial charge on any atom is 0.246 e. The number of hydrogen-bond donors (Lipinski definition) is 2. The number of nitrogens with one attached hydrogen (secondary N) is 2. The van der Waals surface area contributed by atoms with Crippen LogP contribution in [0.5, 0.6) is 0 Å². The molecule has 0 aromatic heterocycles. The summed E-state index contributed by atoms with van der Waals surface area (Å²) >= 11 is 0. The summed E-state index contributed by atoms with van der Waals surface area (Å²) in [5, 5.41) is 6.26. The van der Waals surface area contributed by atoms with Crippen molar-refractivity contribution in [3.63, 3.8) is 0 Å². The molecule has 4 unspecified atom stereocenters. The molecule has 4 heteroatoms. The largest absolute Gasteiger partial charge is 0.353 e. The van der Waals surface area contributed by atoms with Crippen LogP contribution in [0.2, 0.25) is 0 Å². The van der Waals surface area contributed by atoms with E-state index in [1.165, 1.54) is 5.56 Å². The van der Waals surface area contributed by atoms with Gasteiger partial charge in [0.1, 0.15) is 5.54 Å². The molecule has 1 aromatic carbocycles. The molecule has 0 radical (unpaired) electrons. The van der Waals surface area contributed by atoms with Gasteiger partial charge in [-0.25, -0.2) is 0 Å². The highest BCUT2D eigenvalue weighted by Crippen LogP contribution is 2.57. The molecule has 2 N–H and O–H groups in total. The number of carbonyl (C=O) groups excluding carboxylic acids is 2. The van der Waals surface area contributed by atoms with Gasteiger partial charge in [-0.1, -0.05) is 30.3 Å². The molecule has 4 nitrogen and oxygen atoms in total. The normalized spacial score (nSPS) is 38.4. The highest BCUT2D eigenvalue weighted by molar-refractivity contribution is 5.97. The van der Waals surface area contributed by atoms with Crippen LogP contribution >= 0.6 is 0 Å². The van der Waals surface area contributed by atoms with Gasteiger partial charge in [0.05, 0.1) is 0 Å². The van der Waals surface area contributed by atoms with E-state index in [1.807, 2.05) is 6.07 Å². The molecule has 4 fully saturated rings. The molecule has 0 spiro atoms. The van der Waals surface area contributed by atoms with E-state index in [4.69, 9.17) is 0 Å². The Hall–Kier alpha value is -1.84. The van der Waals surface area contributed by atoms with E-state index in [9.17, 15) is 9.59 Å². The number of benzene rings is 1. The van der Waals surface area contributed by atoms with Crippen LogP contribution in [0, 0.1) is 17.8 Å². The first-order valence-corrected chi connectivity index (χ1v) is 8.79. The number of rotatable bonds is 4. The Labute approximate surface area is 136 Å². The van der Waals surface area contributed by atoms with Crippen molar-refractivity contribution in [1.29, 1.82) is 0 Å². The molecule has 1 saturated heterocycles. The second kappa shape index (κ2) is 4.37. The first-order chi connectivity index (χ1) is 11.1. The van der Waals surface area contributed by atoms with Crippen LogP contribution in [-0.4, -0.2) is 23.9 Å². The molecular formula is C19H22N2O2. The summed E-state index contributed by atoms with van der Waals surface area (Å²) in [4.78, 5) is 25.1. The lowest BCUT2D eigenvalue weighted by Crippen LogP contribution is -2.57. The monoisotopic (exact) mass is 310 g/mol. The Morgan fingerprint density at radius 3 is 2.70 bits per heavy atom. The molecule has 3 aliphatic carbocycles. The number of hydrogen-bond acceptors (Lipinski definition) is 2. The van der Waals surface area contributed by atoms with Gasteiger partial charge < -0.3 is 10.6 Å². The lowest BCUT2D eigenvalue weighted by atomic mass is 9.78. The van der Waals surface area contributed by atoms with Gasteiger partial charge in [0.2, 0.25) is 11.8 Å². The predicted molar refractivity (Wildman–Crippen MR) is 85.6 cm³/mol. The Bertz CT molecular complexity index is 682. The van der Waals surface area contributed by atoms with Gasteiger partial charge in [-0.05, 0) is 43.6 Å². The second-order valence-electron chi connectivity index (χ2n) is 8.04.